The van der Waals surface area contributed by atoms with E-state index in [2.05, 4.69) is 26.2 Å². The van der Waals surface area contributed by atoms with Crippen molar-refractivity contribution >= 4 is 15.9 Å². The van der Waals surface area contributed by atoms with E-state index in [4.69, 9.17) is 4.74 Å². The van der Waals surface area contributed by atoms with E-state index in [0.29, 0.717) is 17.9 Å². The molecule has 1 aromatic heterocycles. The number of nitrogens with one attached hydrogen (secondary N) is 1. The fourth-order valence-corrected chi connectivity index (χ4v) is 2.45. The molecule has 0 amide bonds. The molecule has 0 bridgehead atoms. The zero-order valence-electron chi connectivity index (χ0n) is 11.4. The summed E-state index contributed by atoms with van der Waals surface area (Å²) in [5, 5.41) is 3.18. The van der Waals surface area contributed by atoms with Crippen molar-refractivity contribution in [3.8, 4) is 5.88 Å². The fourth-order valence-electron chi connectivity index (χ4n) is 2.11. The van der Waals surface area contributed by atoms with Gasteiger partial charge in [-0.1, -0.05) is 28.1 Å². The molecule has 3 nitrogen and oxygen atoms in total. The van der Waals surface area contributed by atoms with Crippen molar-refractivity contribution in [1.29, 1.82) is 0 Å². The number of rotatable bonds is 5. The normalized spacial score (nSPS) is 12.2. The number of methoxy groups -OCH3 is 1. The van der Waals surface area contributed by atoms with Crippen LogP contribution in [0.4, 0.5) is 4.39 Å². The molecule has 2 rings (SSSR count). The van der Waals surface area contributed by atoms with Crippen LogP contribution in [0.25, 0.3) is 0 Å². The highest BCUT2D eigenvalue weighted by atomic mass is 79.9. The minimum atomic E-state index is -0.220. The number of ether oxygens (including phenoxy) is 1. The Labute approximate surface area is 126 Å². The van der Waals surface area contributed by atoms with E-state index in [0.717, 1.165) is 10.0 Å². The molecule has 106 valence electrons. The number of nitrogens with zero attached hydrogens (tertiary/aromatic N) is 1. The van der Waals surface area contributed by atoms with Gasteiger partial charge < -0.3 is 10.1 Å². The standard InChI is InChI=1S/C15H16BrFN2O/c1-18-14(12-4-3-7-19-15(12)20-2)8-10-5-6-11(16)9-13(10)17/h3-7,9,14,18H,8H2,1-2H3. The molecule has 0 radical (unpaired) electrons. The van der Waals surface area contributed by atoms with Gasteiger partial charge >= 0.3 is 0 Å². The summed E-state index contributed by atoms with van der Waals surface area (Å²) in [7, 11) is 3.42. The van der Waals surface area contributed by atoms with Crippen LogP contribution in [-0.2, 0) is 6.42 Å². The lowest BCUT2D eigenvalue weighted by Gasteiger charge is -2.19. The highest BCUT2D eigenvalue weighted by Gasteiger charge is 2.17. The molecule has 5 heteroatoms. The van der Waals surface area contributed by atoms with Gasteiger partial charge in [0, 0.05) is 22.3 Å². The van der Waals surface area contributed by atoms with Gasteiger partial charge in [-0.15, -0.1) is 0 Å². The van der Waals surface area contributed by atoms with E-state index >= 15 is 0 Å². The minimum Gasteiger partial charge on any atom is -0.481 e. The molecule has 0 saturated heterocycles. The van der Waals surface area contributed by atoms with E-state index in [1.54, 1.807) is 19.4 Å². The molecule has 1 heterocycles. The molecule has 20 heavy (non-hydrogen) atoms. The Balaban J connectivity index is 2.29. The molecule has 0 aliphatic rings. The van der Waals surface area contributed by atoms with Crippen molar-refractivity contribution in [2.75, 3.05) is 14.2 Å². The molecular weight excluding hydrogens is 323 g/mol. The van der Waals surface area contributed by atoms with Crippen molar-refractivity contribution in [2.24, 2.45) is 0 Å². The second-order valence-electron chi connectivity index (χ2n) is 4.38. The quantitative estimate of drug-likeness (QED) is 0.905. The van der Waals surface area contributed by atoms with Crippen LogP contribution in [-0.4, -0.2) is 19.1 Å². The minimum absolute atomic E-state index is 0.0608. The van der Waals surface area contributed by atoms with Crippen LogP contribution in [0.15, 0.2) is 41.0 Å². The summed E-state index contributed by atoms with van der Waals surface area (Å²) in [6.45, 7) is 0. The van der Waals surface area contributed by atoms with Crippen LogP contribution >= 0.6 is 15.9 Å². The summed E-state index contributed by atoms with van der Waals surface area (Å²) in [6.07, 6.45) is 2.20. The molecule has 0 aliphatic carbocycles. The van der Waals surface area contributed by atoms with Crippen molar-refractivity contribution < 1.29 is 9.13 Å². The lowest BCUT2D eigenvalue weighted by Crippen LogP contribution is -2.20. The first kappa shape index (κ1) is 14.9. The van der Waals surface area contributed by atoms with Crippen LogP contribution < -0.4 is 10.1 Å². The van der Waals surface area contributed by atoms with Gasteiger partial charge in [0.2, 0.25) is 5.88 Å². The third kappa shape index (κ3) is 3.35. The molecule has 1 unspecified atom stereocenters. The molecule has 1 N–H and O–H groups in total. The van der Waals surface area contributed by atoms with E-state index in [1.165, 1.54) is 6.07 Å². The fraction of sp³-hybridized carbons (Fsp3) is 0.267. The van der Waals surface area contributed by atoms with Crippen molar-refractivity contribution in [3.05, 3.63) is 57.9 Å². The summed E-state index contributed by atoms with van der Waals surface area (Å²) in [4.78, 5) is 4.18. The maximum atomic E-state index is 13.9. The molecule has 0 spiro atoms. The lowest BCUT2D eigenvalue weighted by atomic mass is 9.99. The number of halogens is 2. The maximum Gasteiger partial charge on any atom is 0.217 e. The van der Waals surface area contributed by atoms with Gasteiger partial charge in [-0.05, 0) is 37.2 Å². The topological polar surface area (TPSA) is 34.2 Å². The largest absolute Gasteiger partial charge is 0.481 e. The predicted octanol–water partition coefficient (Wildman–Crippen LogP) is 3.50. The summed E-state index contributed by atoms with van der Waals surface area (Å²) < 4.78 is 19.9. The predicted molar refractivity (Wildman–Crippen MR) is 80.4 cm³/mol. The van der Waals surface area contributed by atoms with Crippen LogP contribution in [0.3, 0.4) is 0 Å². The monoisotopic (exact) mass is 338 g/mol. The Morgan fingerprint density at radius 3 is 2.85 bits per heavy atom. The zero-order chi connectivity index (χ0) is 14.5. The SMILES string of the molecule is CNC(Cc1ccc(Br)cc1F)c1cccnc1OC. The third-order valence-corrected chi connectivity index (χ3v) is 3.65. The van der Waals surface area contributed by atoms with Crippen molar-refractivity contribution in [1.82, 2.24) is 10.3 Å². The van der Waals surface area contributed by atoms with E-state index in [-0.39, 0.29) is 11.9 Å². The molecular formula is C15H16BrFN2O. The third-order valence-electron chi connectivity index (χ3n) is 3.16. The van der Waals surface area contributed by atoms with Crippen molar-refractivity contribution in [3.63, 3.8) is 0 Å². The van der Waals surface area contributed by atoms with Gasteiger partial charge in [0.05, 0.1) is 7.11 Å². The van der Waals surface area contributed by atoms with Gasteiger partial charge in [0.1, 0.15) is 5.82 Å². The number of hydrogen-bond acceptors (Lipinski definition) is 3. The van der Waals surface area contributed by atoms with Gasteiger partial charge in [-0.3, -0.25) is 0 Å². The molecule has 0 saturated carbocycles. The van der Waals surface area contributed by atoms with Gasteiger partial charge in [-0.2, -0.15) is 0 Å². The number of likely N-dealkylation sites (N-methyl/N-ethyl adjacent to an activating group) is 1. The molecule has 0 fully saturated rings. The first-order chi connectivity index (χ1) is 9.65. The summed E-state index contributed by atoms with van der Waals surface area (Å²) in [6, 6.07) is 8.82. The average Bonchev–Trinajstić information content (AvgIpc) is 2.46. The lowest BCUT2D eigenvalue weighted by molar-refractivity contribution is 0.384. The second-order valence-corrected chi connectivity index (χ2v) is 5.30. The Morgan fingerprint density at radius 2 is 2.20 bits per heavy atom. The van der Waals surface area contributed by atoms with Crippen LogP contribution in [0.5, 0.6) is 5.88 Å². The molecule has 1 atom stereocenters. The van der Waals surface area contributed by atoms with Crippen LogP contribution in [0, 0.1) is 5.82 Å². The molecule has 1 aromatic carbocycles. The Morgan fingerprint density at radius 1 is 1.40 bits per heavy atom. The Bertz CT molecular complexity index is 592. The summed E-state index contributed by atoms with van der Waals surface area (Å²) in [5.74, 6) is 0.340. The molecule has 0 aliphatic heterocycles. The number of hydrogen-bond donors (Lipinski definition) is 1. The van der Waals surface area contributed by atoms with Gasteiger partial charge in [0.15, 0.2) is 0 Å². The summed E-state index contributed by atoms with van der Waals surface area (Å²) >= 11 is 3.26. The van der Waals surface area contributed by atoms with E-state index in [9.17, 15) is 4.39 Å². The second kappa shape index (κ2) is 6.81. The Hall–Kier alpha value is -1.46. The van der Waals surface area contributed by atoms with E-state index in [1.807, 2.05) is 25.2 Å². The highest BCUT2D eigenvalue weighted by molar-refractivity contribution is 9.10. The van der Waals surface area contributed by atoms with Crippen LogP contribution in [0.2, 0.25) is 0 Å². The summed E-state index contributed by atoms with van der Waals surface area (Å²) in [5.41, 5.74) is 1.57. The molecule has 2 aromatic rings. The first-order valence-corrected chi connectivity index (χ1v) is 7.05. The Kier molecular flexibility index (Phi) is 5.09. The zero-order valence-corrected chi connectivity index (χ0v) is 12.9. The smallest absolute Gasteiger partial charge is 0.217 e. The van der Waals surface area contributed by atoms with Crippen LogP contribution in [0.1, 0.15) is 17.2 Å². The van der Waals surface area contributed by atoms with Crippen molar-refractivity contribution in [2.45, 2.75) is 12.5 Å². The van der Waals surface area contributed by atoms with Gasteiger partial charge in [-0.25, -0.2) is 9.37 Å². The maximum absolute atomic E-state index is 13.9. The van der Waals surface area contributed by atoms with E-state index < -0.39 is 0 Å². The number of pyridine rings is 1. The first-order valence-electron chi connectivity index (χ1n) is 6.25. The number of aromatic nitrogens is 1. The number of benzene rings is 1. The average molecular weight is 339 g/mol. The van der Waals surface area contributed by atoms with Gasteiger partial charge in [0.25, 0.3) is 0 Å². The highest BCUT2D eigenvalue weighted by Crippen LogP contribution is 2.26.